The minimum atomic E-state index is -0.452. The average Bonchev–Trinajstić information content (AvgIpc) is 3.08. The largest absolute Gasteiger partial charge is 0.497 e. The Hall–Kier alpha value is -4.26. The van der Waals surface area contributed by atoms with Crippen molar-refractivity contribution in [1.29, 1.82) is 0 Å². The van der Waals surface area contributed by atoms with E-state index in [4.69, 9.17) is 9.47 Å². The Balaban J connectivity index is 1.80. The van der Waals surface area contributed by atoms with E-state index < -0.39 is 11.8 Å². The Morgan fingerprint density at radius 2 is 1.45 bits per heavy atom. The number of nitrogens with zero attached hydrogens (tertiary/aromatic N) is 2. The molecule has 7 nitrogen and oxygen atoms in total. The number of nitrogens with one attached hydrogen (secondary N) is 1. The summed E-state index contributed by atoms with van der Waals surface area (Å²) in [5, 5.41) is 3.18. The van der Waals surface area contributed by atoms with Gasteiger partial charge >= 0.3 is 0 Å². The van der Waals surface area contributed by atoms with Gasteiger partial charge in [0.1, 0.15) is 17.2 Å². The van der Waals surface area contributed by atoms with Gasteiger partial charge in [0.25, 0.3) is 11.8 Å². The quantitative estimate of drug-likeness (QED) is 0.553. The maximum Gasteiger partial charge on any atom is 0.282 e. The molecule has 0 bridgehead atoms. The van der Waals surface area contributed by atoms with E-state index in [-0.39, 0.29) is 11.3 Å². The number of carbonyl (C=O) groups excluding carboxylic acids is 2. The molecule has 7 heteroatoms. The van der Waals surface area contributed by atoms with Crippen LogP contribution in [0.2, 0.25) is 0 Å². The molecule has 0 radical (unpaired) electrons. The first-order valence-electron chi connectivity index (χ1n) is 10.4. The predicted molar refractivity (Wildman–Crippen MR) is 130 cm³/mol. The summed E-state index contributed by atoms with van der Waals surface area (Å²) in [5.41, 5.74) is 3.21. The second-order valence-electron chi connectivity index (χ2n) is 7.66. The molecule has 1 aliphatic heterocycles. The van der Waals surface area contributed by atoms with Gasteiger partial charge in [0.05, 0.1) is 25.5 Å². The summed E-state index contributed by atoms with van der Waals surface area (Å²) in [6.45, 7) is 0. The lowest BCUT2D eigenvalue weighted by molar-refractivity contribution is -0.120. The van der Waals surface area contributed by atoms with Gasteiger partial charge in [0.15, 0.2) is 0 Å². The van der Waals surface area contributed by atoms with Crippen LogP contribution in [0.15, 0.2) is 78.5 Å². The molecule has 0 aliphatic carbocycles. The van der Waals surface area contributed by atoms with Crippen LogP contribution in [0.4, 0.5) is 17.1 Å². The van der Waals surface area contributed by atoms with Crippen molar-refractivity contribution in [3.05, 3.63) is 84.1 Å². The Kier molecular flexibility index (Phi) is 6.04. The van der Waals surface area contributed by atoms with Gasteiger partial charge in [-0.3, -0.25) is 9.59 Å². The summed E-state index contributed by atoms with van der Waals surface area (Å²) >= 11 is 0. The lowest BCUT2D eigenvalue weighted by Gasteiger charge is -2.18. The van der Waals surface area contributed by atoms with E-state index in [0.717, 1.165) is 10.6 Å². The molecular weight excluding hydrogens is 418 g/mol. The third-order valence-corrected chi connectivity index (χ3v) is 5.44. The van der Waals surface area contributed by atoms with Crippen molar-refractivity contribution in [2.24, 2.45) is 0 Å². The molecule has 0 saturated heterocycles. The third-order valence-electron chi connectivity index (χ3n) is 5.44. The lowest BCUT2D eigenvalue weighted by atomic mass is 10.0. The zero-order chi connectivity index (χ0) is 23.5. The summed E-state index contributed by atoms with van der Waals surface area (Å²) in [5.74, 6) is 0.213. The normalized spacial score (nSPS) is 13.4. The molecule has 2 amide bonds. The van der Waals surface area contributed by atoms with Crippen LogP contribution in [-0.2, 0) is 9.59 Å². The molecule has 1 aliphatic rings. The second kappa shape index (κ2) is 9.08. The van der Waals surface area contributed by atoms with Crippen molar-refractivity contribution in [3.63, 3.8) is 0 Å². The van der Waals surface area contributed by atoms with Crippen LogP contribution in [0.5, 0.6) is 11.5 Å². The Bertz CT molecular complexity index is 1220. The third kappa shape index (κ3) is 4.13. The highest BCUT2D eigenvalue weighted by molar-refractivity contribution is 6.46. The monoisotopic (exact) mass is 443 g/mol. The standard InChI is InChI=1S/C26H25N3O4/c1-28(2)19-13-11-18(12-14-19)27-24-23(17-9-15-20(32-3)16-10-17)25(30)29(26(24)31)21-7-5-6-8-22(21)33-4/h5-16,27H,1-4H3. The molecule has 0 atom stereocenters. The Morgan fingerprint density at radius 1 is 0.788 bits per heavy atom. The van der Waals surface area contributed by atoms with Crippen molar-refractivity contribution in [2.75, 3.05) is 43.4 Å². The number of hydrogen-bond donors (Lipinski definition) is 1. The molecule has 1 heterocycles. The molecule has 4 rings (SSSR count). The average molecular weight is 444 g/mol. The van der Waals surface area contributed by atoms with Gasteiger partial charge < -0.3 is 19.7 Å². The minimum absolute atomic E-state index is 0.202. The highest BCUT2D eigenvalue weighted by Crippen LogP contribution is 2.38. The Labute approximate surface area is 192 Å². The molecule has 1 N–H and O–H groups in total. The molecule has 0 saturated carbocycles. The zero-order valence-electron chi connectivity index (χ0n) is 19.0. The lowest BCUT2D eigenvalue weighted by Crippen LogP contribution is -2.32. The molecule has 0 aromatic heterocycles. The van der Waals surface area contributed by atoms with Crippen molar-refractivity contribution < 1.29 is 19.1 Å². The highest BCUT2D eigenvalue weighted by Gasteiger charge is 2.41. The van der Waals surface area contributed by atoms with E-state index in [1.165, 1.54) is 7.11 Å². The molecule has 3 aromatic rings. The van der Waals surface area contributed by atoms with E-state index in [1.807, 2.05) is 43.3 Å². The summed E-state index contributed by atoms with van der Waals surface area (Å²) < 4.78 is 10.6. The van der Waals surface area contributed by atoms with Gasteiger partial charge in [-0.2, -0.15) is 0 Å². The zero-order valence-corrected chi connectivity index (χ0v) is 19.0. The maximum atomic E-state index is 13.6. The number of imide groups is 1. The molecule has 3 aromatic carbocycles. The van der Waals surface area contributed by atoms with Gasteiger partial charge in [-0.1, -0.05) is 24.3 Å². The molecule has 33 heavy (non-hydrogen) atoms. The van der Waals surface area contributed by atoms with E-state index in [1.54, 1.807) is 55.6 Å². The highest BCUT2D eigenvalue weighted by atomic mass is 16.5. The number of benzene rings is 3. The molecular formula is C26H25N3O4. The van der Waals surface area contributed by atoms with Crippen LogP contribution in [0.3, 0.4) is 0 Å². The van der Waals surface area contributed by atoms with Crippen molar-refractivity contribution in [1.82, 2.24) is 0 Å². The number of anilines is 3. The summed E-state index contributed by atoms with van der Waals surface area (Å²) in [6, 6.07) is 21.6. The topological polar surface area (TPSA) is 71.1 Å². The number of carbonyl (C=O) groups is 2. The second-order valence-corrected chi connectivity index (χ2v) is 7.66. The van der Waals surface area contributed by atoms with Crippen LogP contribution >= 0.6 is 0 Å². The Morgan fingerprint density at radius 3 is 2.06 bits per heavy atom. The predicted octanol–water partition coefficient (Wildman–Crippen LogP) is 4.17. The van der Waals surface area contributed by atoms with E-state index in [0.29, 0.717) is 28.4 Å². The van der Waals surface area contributed by atoms with Crippen molar-refractivity contribution in [3.8, 4) is 11.5 Å². The number of hydrogen-bond acceptors (Lipinski definition) is 6. The van der Waals surface area contributed by atoms with Crippen LogP contribution in [0.1, 0.15) is 5.56 Å². The number of methoxy groups -OCH3 is 2. The van der Waals surface area contributed by atoms with Crippen molar-refractivity contribution in [2.45, 2.75) is 0 Å². The number of ether oxygens (including phenoxy) is 2. The van der Waals surface area contributed by atoms with E-state index >= 15 is 0 Å². The smallest absolute Gasteiger partial charge is 0.282 e. The minimum Gasteiger partial charge on any atom is -0.497 e. The van der Waals surface area contributed by atoms with Gasteiger partial charge in [-0.25, -0.2) is 4.90 Å². The van der Waals surface area contributed by atoms with Crippen LogP contribution in [0, 0.1) is 0 Å². The molecule has 0 fully saturated rings. The SMILES string of the molecule is COc1ccc(C2=C(Nc3ccc(N(C)C)cc3)C(=O)N(c3ccccc3OC)C2=O)cc1. The van der Waals surface area contributed by atoms with Crippen LogP contribution in [-0.4, -0.2) is 40.1 Å². The van der Waals surface area contributed by atoms with Crippen LogP contribution in [0.25, 0.3) is 5.57 Å². The number of rotatable bonds is 7. The van der Waals surface area contributed by atoms with Crippen LogP contribution < -0.4 is 24.6 Å². The van der Waals surface area contributed by atoms with Gasteiger partial charge in [-0.05, 0) is 54.1 Å². The van der Waals surface area contributed by atoms with Gasteiger partial charge in [0, 0.05) is 25.5 Å². The first-order valence-corrected chi connectivity index (χ1v) is 10.4. The summed E-state index contributed by atoms with van der Waals surface area (Å²) in [6.07, 6.45) is 0. The fraction of sp³-hybridized carbons (Fsp3) is 0.154. The fourth-order valence-electron chi connectivity index (χ4n) is 3.69. The summed E-state index contributed by atoms with van der Waals surface area (Å²) in [7, 11) is 6.99. The molecule has 0 unspecified atom stereocenters. The molecule has 0 spiro atoms. The number of para-hydroxylation sites is 2. The van der Waals surface area contributed by atoms with Gasteiger partial charge in [-0.15, -0.1) is 0 Å². The van der Waals surface area contributed by atoms with Gasteiger partial charge in [0.2, 0.25) is 0 Å². The van der Waals surface area contributed by atoms with E-state index in [2.05, 4.69) is 5.32 Å². The van der Waals surface area contributed by atoms with Crippen molar-refractivity contribution >= 4 is 34.4 Å². The first-order chi connectivity index (χ1) is 15.9. The fourth-order valence-corrected chi connectivity index (χ4v) is 3.69. The maximum absolute atomic E-state index is 13.6. The summed E-state index contributed by atoms with van der Waals surface area (Å²) in [4.78, 5) is 30.3. The first kappa shape index (κ1) is 22.0. The number of amides is 2. The van der Waals surface area contributed by atoms with E-state index in [9.17, 15) is 9.59 Å². The molecule has 168 valence electrons.